The topological polar surface area (TPSA) is 41.9 Å². The van der Waals surface area contributed by atoms with Crippen molar-refractivity contribution in [1.82, 2.24) is 0 Å². The molecule has 0 spiro atoms. The Morgan fingerprint density at radius 2 is 1.61 bits per heavy atom. The Morgan fingerprint density at radius 3 is 2.32 bits per heavy atom. The zero-order chi connectivity index (χ0) is 22.3. The number of hydrogen-bond donors (Lipinski definition) is 1. The summed E-state index contributed by atoms with van der Waals surface area (Å²) in [7, 11) is 0. The number of aliphatic hydroxyl groups excluding tert-OH is 1. The molecule has 0 radical (unpaired) electrons. The number of nitrogens with zero attached hydrogens (tertiary/aromatic N) is 1. The summed E-state index contributed by atoms with van der Waals surface area (Å²) in [5, 5.41) is 10.2. The molecule has 0 aliphatic rings. The summed E-state index contributed by atoms with van der Waals surface area (Å²) >= 11 is 0. The van der Waals surface area contributed by atoms with Gasteiger partial charge in [0.15, 0.2) is 5.75 Å². The highest BCUT2D eigenvalue weighted by molar-refractivity contribution is 5.60. The first-order valence-electron chi connectivity index (χ1n) is 9.56. The molecule has 1 N–H and O–H groups in total. The third-order valence-electron chi connectivity index (χ3n) is 4.36. The Labute approximate surface area is 178 Å². The lowest BCUT2D eigenvalue weighted by Crippen LogP contribution is -2.31. The van der Waals surface area contributed by atoms with Gasteiger partial charge in [0.05, 0.1) is 11.8 Å². The van der Waals surface area contributed by atoms with Crippen molar-refractivity contribution in [2.75, 3.05) is 11.4 Å². The molecule has 0 aliphatic carbocycles. The van der Waals surface area contributed by atoms with Gasteiger partial charge in [-0.25, -0.2) is 0 Å². The van der Waals surface area contributed by atoms with Gasteiger partial charge in [-0.15, -0.1) is 19.8 Å². The molecule has 1 unspecified atom stereocenters. The maximum Gasteiger partial charge on any atom is 0.573 e. The summed E-state index contributed by atoms with van der Waals surface area (Å²) in [6, 6.07) is 22.2. The van der Waals surface area contributed by atoms with Crippen LogP contribution in [0, 0.1) is 0 Å². The van der Waals surface area contributed by atoms with Gasteiger partial charge in [-0.2, -0.15) is 0 Å². The molecule has 0 fully saturated rings. The molecule has 0 heterocycles. The van der Waals surface area contributed by atoms with E-state index in [1.165, 1.54) is 24.3 Å². The number of aliphatic hydroxyl groups is 1. The molecule has 31 heavy (non-hydrogen) atoms. The second-order valence-corrected chi connectivity index (χ2v) is 6.76. The third kappa shape index (κ3) is 6.79. The van der Waals surface area contributed by atoms with Crippen LogP contribution in [0.15, 0.2) is 91.5 Å². The Bertz CT molecular complexity index is 993. The number of hydrogen-bond acceptors (Lipinski definition) is 4. The van der Waals surface area contributed by atoms with Crippen LogP contribution in [-0.4, -0.2) is 24.1 Å². The zero-order valence-corrected chi connectivity index (χ0v) is 16.6. The quantitative estimate of drug-likeness (QED) is 0.428. The molecule has 0 aliphatic heterocycles. The fourth-order valence-corrected chi connectivity index (χ4v) is 3.03. The molecule has 3 aromatic rings. The number of anilines is 1. The summed E-state index contributed by atoms with van der Waals surface area (Å²) in [6.45, 7) is 3.99. The van der Waals surface area contributed by atoms with Gasteiger partial charge in [-0.05, 0) is 42.0 Å². The van der Waals surface area contributed by atoms with E-state index in [1.807, 2.05) is 53.4 Å². The minimum absolute atomic E-state index is 0.170. The normalized spacial score (nSPS) is 12.1. The molecule has 3 rings (SSSR count). The Morgan fingerprint density at radius 1 is 0.935 bits per heavy atom. The van der Waals surface area contributed by atoms with Crippen LogP contribution in [0.3, 0.4) is 0 Å². The fraction of sp³-hybridized carbons (Fsp3) is 0.167. The predicted octanol–water partition coefficient (Wildman–Crippen LogP) is 5.93. The van der Waals surface area contributed by atoms with Crippen molar-refractivity contribution in [3.05, 3.63) is 97.1 Å². The summed E-state index contributed by atoms with van der Waals surface area (Å²) in [4.78, 5) is 1.82. The van der Waals surface area contributed by atoms with Gasteiger partial charge >= 0.3 is 6.36 Å². The molecule has 3 aromatic carbocycles. The van der Waals surface area contributed by atoms with Crippen molar-refractivity contribution < 1.29 is 27.8 Å². The molecule has 1 atom stereocenters. The highest BCUT2D eigenvalue weighted by Gasteiger charge is 2.31. The lowest BCUT2D eigenvalue weighted by Gasteiger charge is -2.28. The first-order chi connectivity index (χ1) is 14.8. The molecule has 4 nitrogen and oxygen atoms in total. The van der Waals surface area contributed by atoms with Gasteiger partial charge in [-0.1, -0.05) is 48.5 Å². The van der Waals surface area contributed by atoms with Gasteiger partial charge in [0.1, 0.15) is 11.5 Å². The van der Waals surface area contributed by atoms with E-state index in [1.54, 1.807) is 12.1 Å². The molecule has 0 amide bonds. The van der Waals surface area contributed by atoms with Crippen molar-refractivity contribution in [2.45, 2.75) is 19.0 Å². The number of para-hydroxylation sites is 3. The SMILES string of the molecule is C=CC(O)CN(Cc1cccc(OC(F)(F)F)c1)c1ccccc1Oc1ccccc1. The molecule has 0 saturated carbocycles. The second kappa shape index (κ2) is 10.0. The molecule has 0 bridgehead atoms. The Balaban J connectivity index is 1.90. The van der Waals surface area contributed by atoms with Crippen LogP contribution in [0.4, 0.5) is 18.9 Å². The monoisotopic (exact) mass is 429 g/mol. The minimum atomic E-state index is -4.77. The highest BCUT2D eigenvalue weighted by Crippen LogP contribution is 2.34. The smallest absolute Gasteiger partial charge is 0.455 e. The molecule has 7 heteroatoms. The Kier molecular flexibility index (Phi) is 7.20. The first-order valence-corrected chi connectivity index (χ1v) is 9.56. The third-order valence-corrected chi connectivity index (χ3v) is 4.36. The average Bonchev–Trinajstić information content (AvgIpc) is 2.73. The van der Waals surface area contributed by atoms with Crippen LogP contribution < -0.4 is 14.4 Å². The second-order valence-electron chi connectivity index (χ2n) is 6.76. The van der Waals surface area contributed by atoms with Crippen LogP contribution in [-0.2, 0) is 6.54 Å². The number of benzene rings is 3. The van der Waals surface area contributed by atoms with Gasteiger partial charge in [0, 0.05) is 13.1 Å². The lowest BCUT2D eigenvalue weighted by atomic mass is 10.1. The summed E-state index contributed by atoms with van der Waals surface area (Å²) in [5.74, 6) is 0.885. The van der Waals surface area contributed by atoms with Gasteiger partial charge in [0.25, 0.3) is 0 Å². The van der Waals surface area contributed by atoms with Crippen LogP contribution in [0.2, 0.25) is 0 Å². The lowest BCUT2D eigenvalue weighted by molar-refractivity contribution is -0.274. The number of ether oxygens (including phenoxy) is 2. The van der Waals surface area contributed by atoms with E-state index >= 15 is 0 Å². The number of alkyl halides is 3. The minimum Gasteiger partial charge on any atom is -0.455 e. The van der Waals surface area contributed by atoms with Crippen LogP contribution in [0.25, 0.3) is 0 Å². The summed E-state index contributed by atoms with van der Waals surface area (Å²) in [6.07, 6.45) is -4.22. The van der Waals surface area contributed by atoms with Crippen molar-refractivity contribution in [1.29, 1.82) is 0 Å². The molecular weight excluding hydrogens is 407 g/mol. The zero-order valence-electron chi connectivity index (χ0n) is 16.6. The van der Waals surface area contributed by atoms with Gasteiger partial charge in [-0.3, -0.25) is 0 Å². The number of halogens is 3. The standard InChI is InChI=1S/C24H22F3NO3/c1-2-19(29)17-28(16-18-9-8-12-21(15-18)31-24(25,26)27)22-13-6-7-14-23(22)30-20-10-4-3-5-11-20/h2-15,19,29H,1,16-17H2. The van der Waals surface area contributed by atoms with Gasteiger partial charge < -0.3 is 19.5 Å². The van der Waals surface area contributed by atoms with Gasteiger partial charge in [0.2, 0.25) is 0 Å². The van der Waals surface area contributed by atoms with Crippen molar-refractivity contribution in [3.8, 4) is 17.2 Å². The van der Waals surface area contributed by atoms with Crippen molar-refractivity contribution in [3.63, 3.8) is 0 Å². The molecule has 162 valence electrons. The van der Waals surface area contributed by atoms with E-state index < -0.39 is 12.5 Å². The number of rotatable bonds is 9. The Hall–Kier alpha value is -3.45. The average molecular weight is 429 g/mol. The summed E-state index contributed by atoms with van der Waals surface area (Å²) < 4.78 is 47.8. The maximum absolute atomic E-state index is 12.6. The van der Waals surface area contributed by atoms with E-state index in [0.29, 0.717) is 22.7 Å². The molecule has 0 saturated heterocycles. The largest absolute Gasteiger partial charge is 0.573 e. The van der Waals surface area contributed by atoms with Crippen molar-refractivity contribution in [2.24, 2.45) is 0 Å². The van der Waals surface area contributed by atoms with E-state index in [9.17, 15) is 18.3 Å². The maximum atomic E-state index is 12.6. The van der Waals surface area contributed by atoms with Crippen LogP contribution in [0.1, 0.15) is 5.56 Å². The first kappa shape index (κ1) is 22.2. The van der Waals surface area contributed by atoms with Crippen molar-refractivity contribution >= 4 is 5.69 Å². The predicted molar refractivity (Wildman–Crippen MR) is 113 cm³/mol. The van der Waals surface area contributed by atoms with E-state index in [4.69, 9.17) is 4.74 Å². The molecule has 0 aromatic heterocycles. The molecular formula is C24H22F3NO3. The summed E-state index contributed by atoms with van der Waals surface area (Å²) in [5.41, 5.74) is 1.25. The van der Waals surface area contributed by atoms with Crippen LogP contribution in [0.5, 0.6) is 17.2 Å². The van der Waals surface area contributed by atoms with Crippen LogP contribution >= 0.6 is 0 Å². The fourth-order valence-electron chi connectivity index (χ4n) is 3.03. The van der Waals surface area contributed by atoms with E-state index in [-0.39, 0.29) is 18.8 Å². The highest BCUT2D eigenvalue weighted by atomic mass is 19.4. The van der Waals surface area contributed by atoms with E-state index in [2.05, 4.69) is 11.3 Å². The van der Waals surface area contributed by atoms with E-state index in [0.717, 1.165) is 0 Å².